The minimum Gasteiger partial charge on any atom is -0.403 e. The highest BCUT2D eigenvalue weighted by molar-refractivity contribution is 7.27. The predicted octanol–water partition coefficient (Wildman–Crippen LogP) is 3.02. The van der Waals surface area contributed by atoms with Crippen molar-refractivity contribution in [3.63, 3.8) is 0 Å². The van der Waals surface area contributed by atoms with Crippen LogP contribution in [0.15, 0.2) is 79.1 Å². The van der Waals surface area contributed by atoms with Gasteiger partial charge in [0.15, 0.2) is 0 Å². The van der Waals surface area contributed by atoms with E-state index in [4.69, 9.17) is 8.83 Å². The van der Waals surface area contributed by atoms with Crippen molar-refractivity contribution in [1.82, 2.24) is 9.97 Å². The number of nitrogens with zero attached hydrogens (tertiary/aromatic N) is 2. The summed E-state index contributed by atoms with van der Waals surface area (Å²) in [7, 11) is 5.09. The van der Waals surface area contributed by atoms with Gasteiger partial charge < -0.3 is 8.83 Å². The number of hydrogen-bond donors (Lipinski definition) is 0. The largest absolute Gasteiger partial charge is 0.403 e. The molecule has 2 heterocycles. The van der Waals surface area contributed by atoms with Crippen LogP contribution in [0.3, 0.4) is 0 Å². The van der Waals surface area contributed by atoms with Crippen LogP contribution < -0.4 is 21.9 Å². The van der Waals surface area contributed by atoms with Gasteiger partial charge in [-0.3, -0.25) is 0 Å². The second kappa shape index (κ2) is 7.24. The Hall–Kier alpha value is -3.20. The summed E-state index contributed by atoms with van der Waals surface area (Å²) in [5.41, 5.74) is 1.49. The molecule has 3 aromatic carbocycles. The van der Waals surface area contributed by atoms with E-state index < -0.39 is 11.3 Å². The van der Waals surface area contributed by atoms with Crippen LogP contribution in [0.4, 0.5) is 0 Å². The lowest BCUT2D eigenvalue weighted by atomic mass is 10.1. The molecule has 0 bridgehead atoms. The summed E-state index contributed by atoms with van der Waals surface area (Å²) in [5, 5.41) is 2.62. The second-order valence-corrected chi connectivity index (χ2v) is 8.08. The molecule has 0 spiro atoms. The maximum absolute atomic E-state index is 12.3. The van der Waals surface area contributed by atoms with Gasteiger partial charge in [-0.1, -0.05) is 12.1 Å². The highest BCUT2D eigenvalue weighted by atomic mass is 31.0. The van der Waals surface area contributed by atoms with Gasteiger partial charge in [0.1, 0.15) is 0 Å². The van der Waals surface area contributed by atoms with Crippen molar-refractivity contribution in [2.75, 3.05) is 0 Å². The maximum Gasteiger partial charge on any atom is 0.347 e. The van der Waals surface area contributed by atoms with Crippen molar-refractivity contribution >= 4 is 50.9 Å². The third-order valence-electron chi connectivity index (χ3n) is 4.68. The van der Waals surface area contributed by atoms with E-state index in [-0.39, 0.29) is 11.8 Å². The SMILES string of the molecule is O=c1oc(-c2ccc(-c3nc4ccc(P)cc4c(=O)o3)cc2)nc2ccc(P)cc12. The van der Waals surface area contributed by atoms with Crippen molar-refractivity contribution in [2.24, 2.45) is 0 Å². The minimum absolute atomic E-state index is 0.219. The van der Waals surface area contributed by atoms with Gasteiger partial charge in [-0.25, -0.2) is 19.6 Å². The number of rotatable bonds is 2. The Morgan fingerprint density at radius 1 is 0.600 bits per heavy atom. The van der Waals surface area contributed by atoms with E-state index >= 15 is 0 Å². The molecule has 0 aliphatic heterocycles. The highest BCUT2D eigenvalue weighted by Crippen LogP contribution is 2.24. The van der Waals surface area contributed by atoms with Crippen LogP contribution in [-0.4, -0.2) is 9.97 Å². The lowest BCUT2D eigenvalue weighted by Gasteiger charge is -2.05. The third-order valence-corrected chi connectivity index (χ3v) is 5.40. The van der Waals surface area contributed by atoms with E-state index in [1.165, 1.54) is 0 Å². The van der Waals surface area contributed by atoms with Crippen LogP contribution >= 0.6 is 18.5 Å². The zero-order chi connectivity index (χ0) is 20.8. The number of hydrogen-bond acceptors (Lipinski definition) is 6. The van der Waals surface area contributed by atoms with Crippen LogP contribution in [-0.2, 0) is 0 Å². The Bertz CT molecular complexity index is 1440. The first kappa shape index (κ1) is 18.8. The Morgan fingerprint density at radius 3 is 1.40 bits per heavy atom. The Balaban J connectivity index is 1.56. The molecule has 5 rings (SSSR count). The second-order valence-electron chi connectivity index (χ2n) is 6.74. The third kappa shape index (κ3) is 3.35. The van der Waals surface area contributed by atoms with E-state index in [1.807, 2.05) is 12.1 Å². The van der Waals surface area contributed by atoms with Crippen molar-refractivity contribution in [1.29, 1.82) is 0 Å². The van der Waals surface area contributed by atoms with Crippen molar-refractivity contribution in [3.8, 4) is 22.9 Å². The summed E-state index contributed by atoms with van der Waals surface area (Å²) in [6.45, 7) is 0. The Labute approximate surface area is 174 Å². The fourth-order valence-electron chi connectivity index (χ4n) is 3.18. The lowest BCUT2D eigenvalue weighted by Crippen LogP contribution is -2.06. The van der Waals surface area contributed by atoms with E-state index in [0.29, 0.717) is 32.9 Å². The van der Waals surface area contributed by atoms with Gasteiger partial charge in [-0.15, -0.1) is 18.5 Å². The quantitative estimate of drug-likeness (QED) is 0.399. The number of aromatic nitrogens is 2. The average Bonchev–Trinajstić information content (AvgIpc) is 2.74. The first-order valence-electron chi connectivity index (χ1n) is 8.99. The molecule has 0 radical (unpaired) electrons. The lowest BCUT2D eigenvalue weighted by molar-refractivity contribution is 0.516. The van der Waals surface area contributed by atoms with Gasteiger partial charge in [0.25, 0.3) is 0 Å². The summed E-state index contributed by atoms with van der Waals surface area (Å²) in [5.74, 6) is 0.438. The molecule has 0 saturated heterocycles. The van der Waals surface area contributed by atoms with Gasteiger partial charge in [-0.2, -0.15) is 0 Å². The van der Waals surface area contributed by atoms with Crippen LogP contribution in [0.25, 0.3) is 44.7 Å². The molecule has 146 valence electrons. The van der Waals surface area contributed by atoms with Gasteiger partial charge in [0.2, 0.25) is 11.8 Å². The normalized spacial score (nSPS) is 11.3. The zero-order valence-electron chi connectivity index (χ0n) is 15.5. The topological polar surface area (TPSA) is 86.2 Å². The zero-order valence-corrected chi connectivity index (χ0v) is 17.8. The van der Waals surface area contributed by atoms with E-state index in [9.17, 15) is 9.59 Å². The molecular weight excluding hydrogens is 418 g/mol. The molecule has 0 fully saturated rings. The Kier molecular flexibility index (Phi) is 4.54. The summed E-state index contributed by atoms with van der Waals surface area (Å²) in [6.07, 6.45) is 0. The molecule has 30 heavy (non-hydrogen) atoms. The van der Waals surface area contributed by atoms with E-state index in [2.05, 4.69) is 28.4 Å². The molecule has 8 heteroatoms. The van der Waals surface area contributed by atoms with Crippen LogP contribution in [0.1, 0.15) is 0 Å². The molecule has 0 aliphatic rings. The number of benzene rings is 3. The first-order valence-corrected chi connectivity index (χ1v) is 10.1. The predicted molar refractivity (Wildman–Crippen MR) is 124 cm³/mol. The fraction of sp³-hybridized carbons (Fsp3) is 0. The fourth-order valence-corrected chi connectivity index (χ4v) is 3.71. The molecule has 6 nitrogen and oxygen atoms in total. The Morgan fingerprint density at radius 2 is 1.00 bits per heavy atom. The van der Waals surface area contributed by atoms with Gasteiger partial charge in [0, 0.05) is 11.1 Å². The summed E-state index contributed by atoms with van der Waals surface area (Å²) < 4.78 is 10.8. The van der Waals surface area contributed by atoms with Crippen LogP contribution in [0.5, 0.6) is 0 Å². The smallest absolute Gasteiger partial charge is 0.347 e. The van der Waals surface area contributed by atoms with E-state index in [0.717, 1.165) is 10.6 Å². The van der Waals surface area contributed by atoms with Gasteiger partial charge in [-0.05, 0) is 59.1 Å². The molecule has 5 aromatic rings. The van der Waals surface area contributed by atoms with Gasteiger partial charge >= 0.3 is 11.3 Å². The molecule has 0 saturated carbocycles. The summed E-state index contributed by atoms with van der Waals surface area (Å²) >= 11 is 0. The van der Waals surface area contributed by atoms with Gasteiger partial charge in [0.05, 0.1) is 21.8 Å². The van der Waals surface area contributed by atoms with Crippen LogP contribution in [0, 0.1) is 0 Å². The first-order chi connectivity index (χ1) is 14.5. The summed E-state index contributed by atoms with van der Waals surface area (Å²) in [4.78, 5) is 33.5. The molecule has 0 N–H and O–H groups in total. The molecule has 0 aliphatic carbocycles. The standard InChI is InChI=1S/C22H14N2O4P2/c25-21-15-9-13(29)5-7-17(15)23-19(27-21)11-1-2-12(4-3-11)20-24-18-8-6-14(30)10-16(18)22(26)28-20/h1-10H,29-30H2. The molecule has 0 amide bonds. The molecular formula is C22H14N2O4P2. The highest BCUT2D eigenvalue weighted by Gasteiger charge is 2.12. The molecule has 2 unspecified atom stereocenters. The average molecular weight is 432 g/mol. The molecule has 2 aromatic heterocycles. The monoisotopic (exact) mass is 432 g/mol. The van der Waals surface area contributed by atoms with Crippen molar-refractivity contribution in [2.45, 2.75) is 0 Å². The van der Waals surface area contributed by atoms with Crippen molar-refractivity contribution in [3.05, 3.63) is 81.5 Å². The summed E-state index contributed by atoms with van der Waals surface area (Å²) in [6, 6.07) is 17.7. The van der Waals surface area contributed by atoms with E-state index in [1.54, 1.807) is 48.5 Å². The molecule has 2 atom stereocenters. The number of fused-ring (bicyclic) bond motifs is 2. The van der Waals surface area contributed by atoms with Crippen LogP contribution in [0.2, 0.25) is 0 Å². The maximum atomic E-state index is 12.3. The minimum atomic E-state index is -0.445. The van der Waals surface area contributed by atoms with Crippen molar-refractivity contribution < 1.29 is 8.83 Å².